The molecular weight excluding hydrogens is 533 g/mol. The number of nitrogens with one attached hydrogen (secondary N) is 2. The van der Waals surface area contributed by atoms with Gasteiger partial charge in [-0.25, -0.2) is 15.6 Å². The van der Waals surface area contributed by atoms with E-state index in [0.717, 1.165) is 84.3 Å². The molecule has 3 aliphatic heterocycles. The molecule has 2 N–H and O–H groups in total. The lowest BCUT2D eigenvalue weighted by Crippen LogP contribution is -2.49. The molecule has 2 aromatic rings. The Morgan fingerprint density at radius 2 is 1.88 bits per heavy atom. The van der Waals surface area contributed by atoms with E-state index in [1.165, 1.54) is 16.7 Å². The highest BCUT2D eigenvalue weighted by Crippen LogP contribution is 2.44. The van der Waals surface area contributed by atoms with Crippen LogP contribution in [0.4, 0.5) is 13.2 Å². The Kier molecular flexibility index (Phi) is 8.53. The number of fused-ring (bicyclic) bond motifs is 1. The molecule has 0 aromatic carbocycles. The van der Waals surface area contributed by atoms with E-state index in [1.807, 2.05) is 0 Å². The summed E-state index contributed by atoms with van der Waals surface area (Å²) in [5, 5.41) is 0. The number of rotatable bonds is 6. The molecule has 4 aliphatic rings. The van der Waals surface area contributed by atoms with Gasteiger partial charge in [-0.05, 0) is 93.8 Å². The molecule has 6 rings (SSSR count). The van der Waals surface area contributed by atoms with Crippen LogP contribution in [0.3, 0.4) is 0 Å². The minimum absolute atomic E-state index is 0.0391. The van der Waals surface area contributed by atoms with Crippen molar-refractivity contribution < 1.29 is 17.9 Å². The lowest BCUT2D eigenvalue weighted by molar-refractivity contribution is -0.136. The third kappa shape index (κ3) is 6.11. The van der Waals surface area contributed by atoms with E-state index in [-0.39, 0.29) is 23.4 Å². The molecule has 1 saturated carbocycles. The summed E-state index contributed by atoms with van der Waals surface area (Å²) in [6.07, 6.45) is 6.63. The number of hydrazine groups is 1. The molecule has 3 unspecified atom stereocenters. The molecule has 3 saturated heterocycles. The lowest BCUT2D eigenvalue weighted by atomic mass is 9.69. The van der Waals surface area contributed by atoms with Gasteiger partial charge in [0.05, 0.1) is 23.9 Å². The van der Waals surface area contributed by atoms with Gasteiger partial charge in [0.25, 0.3) is 0 Å². The Morgan fingerprint density at radius 3 is 2.59 bits per heavy atom. The minimum Gasteiger partial charge on any atom is -0.381 e. The Labute approximate surface area is 240 Å². The van der Waals surface area contributed by atoms with Crippen molar-refractivity contribution >= 4 is 5.52 Å². The number of likely N-dealkylation sites (tertiary alicyclic amines) is 1. The van der Waals surface area contributed by atoms with E-state index in [1.54, 1.807) is 10.8 Å². The van der Waals surface area contributed by atoms with Crippen molar-refractivity contribution in [3.63, 3.8) is 0 Å². The van der Waals surface area contributed by atoms with Crippen molar-refractivity contribution in [2.45, 2.75) is 83.2 Å². The second kappa shape index (κ2) is 12.0. The molecular formula is C30H45F3N6O2. The summed E-state index contributed by atoms with van der Waals surface area (Å²) < 4.78 is 51.6. The first kappa shape index (κ1) is 29.2. The molecule has 5 heterocycles. The van der Waals surface area contributed by atoms with E-state index in [2.05, 4.69) is 34.6 Å². The first-order valence-electron chi connectivity index (χ1n) is 15.5. The maximum atomic E-state index is 14.3. The standard InChI is InChI=1S/C30H45F3N6O2/c1-20-5-4-10-37(15-20)16-21-13-25(30(31,32)33)26-18-38(29(40)39(26)17-21)24-7-3-6-23(14-24)27(22-8-11-41-12-9-22)28-35-34-19-36(28)2/h13,17-18,20,22-24,27-28,34-35H,3-12,14-16,19H2,1-2H3/t20-,23?,24?,27-,28?/m0/s1. The summed E-state index contributed by atoms with van der Waals surface area (Å²) in [5.74, 6) is 1.77. The van der Waals surface area contributed by atoms with E-state index >= 15 is 0 Å². The van der Waals surface area contributed by atoms with E-state index in [9.17, 15) is 18.0 Å². The summed E-state index contributed by atoms with van der Waals surface area (Å²) in [6.45, 7) is 6.65. The number of aromatic nitrogens is 2. The molecule has 4 fully saturated rings. The van der Waals surface area contributed by atoms with Gasteiger partial charge in [-0.1, -0.05) is 13.3 Å². The molecule has 0 radical (unpaired) electrons. The largest absolute Gasteiger partial charge is 0.418 e. The molecule has 5 atom stereocenters. The van der Waals surface area contributed by atoms with Crippen LogP contribution in [0.25, 0.3) is 5.52 Å². The first-order chi connectivity index (χ1) is 19.7. The van der Waals surface area contributed by atoms with Crippen LogP contribution in [0.1, 0.15) is 75.5 Å². The zero-order valence-corrected chi connectivity index (χ0v) is 24.3. The van der Waals surface area contributed by atoms with Gasteiger partial charge in [0, 0.05) is 44.7 Å². The Bertz CT molecular complexity index is 1260. The van der Waals surface area contributed by atoms with Crippen LogP contribution in [0, 0.1) is 23.7 Å². The summed E-state index contributed by atoms with van der Waals surface area (Å²) >= 11 is 0. The monoisotopic (exact) mass is 578 g/mol. The summed E-state index contributed by atoms with van der Waals surface area (Å²) in [7, 11) is 2.12. The van der Waals surface area contributed by atoms with Gasteiger partial charge in [-0.15, -0.1) is 0 Å². The summed E-state index contributed by atoms with van der Waals surface area (Å²) in [5.41, 5.74) is 6.20. The SMILES string of the molecule is C[C@H]1CCCN(Cc2cc(C(F)(F)F)c3cn(C4CCCC([C@H](C5CCOCC5)C5NNCN5C)C4)c(=O)n3c2)C1. The van der Waals surface area contributed by atoms with Crippen molar-refractivity contribution in [3.8, 4) is 0 Å². The fourth-order valence-electron chi connectivity index (χ4n) is 8.20. The predicted octanol–water partition coefficient (Wildman–Crippen LogP) is 4.45. The molecule has 0 bridgehead atoms. The highest BCUT2D eigenvalue weighted by Gasteiger charge is 2.42. The zero-order valence-electron chi connectivity index (χ0n) is 24.3. The molecule has 11 heteroatoms. The molecule has 41 heavy (non-hydrogen) atoms. The van der Waals surface area contributed by atoms with Crippen molar-refractivity contribution in [2.75, 3.05) is 40.0 Å². The second-order valence-corrected chi connectivity index (χ2v) is 13.1. The third-order valence-corrected chi connectivity index (χ3v) is 10.2. The van der Waals surface area contributed by atoms with Crippen LogP contribution in [-0.2, 0) is 17.5 Å². The van der Waals surface area contributed by atoms with E-state index < -0.39 is 11.7 Å². The van der Waals surface area contributed by atoms with Crippen LogP contribution < -0.4 is 16.5 Å². The van der Waals surface area contributed by atoms with Gasteiger partial charge in [-0.3, -0.25) is 18.8 Å². The van der Waals surface area contributed by atoms with Crippen molar-refractivity contribution in [1.82, 2.24) is 29.6 Å². The highest BCUT2D eigenvalue weighted by atomic mass is 19.4. The molecule has 8 nitrogen and oxygen atoms in total. The number of nitrogens with zero attached hydrogens (tertiary/aromatic N) is 4. The zero-order chi connectivity index (χ0) is 28.7. The number of imidazole rings is 1. The number of piperidine rings is 1. The van der Waals surface area contributed by atoms with Gasteiger partial charge in [-0.2, -0.15) is 13.2 Å². The maximum Gasteiger partial charge on any atom is 0.418 e. The number of hydrogen-bond donors (Lipinski definition) is 2. The predicted molar refractivity (Wildman–Crippen MR) is 151 cm³/mol. The number of alkyl halides is 3. The van der Waals surface area contributed by atoms with E-state index in [0.29, 0.717) is 35.8 Å². The third-order valence-electron chi connectivity index (χ3n) is 10.2. The molecule has 2 aromatic heterocycles. The molecule has 228 valence electrons. The van der Waals surface area contributed by atoms with Crippen molar-refractivity contribution in [2.24, 2.45) is 23.7 Å². The Balaban J connectivity index is 1.31. The number of halogens is 3. The fraction of sp³-hybridized carbons (Fsp3) is 0.767. The van der Waals surface area contributed by atoms with Crippen molar-refractivity contribution in [3.05, 3.63) is 40.1 Å². The first-order valence-corrected chi connectivity index (χ1v) is 15.5. The van der Waals surface area contributed by atoms with E-state index in [4.69, 9.17) is 4.74 Å². The second-order valence-electron chi connectivity index (χ2n) is 13.1. The average Bonchev–Trinajstić information content (AvgIpc) is 3.51. The number of ether oxygens (including phenoxy) is 1. The van der Waals surface area contributed by atoms with Crippen LogP contribution in [0.5, 0.6) is 0 Å². The van der Waals surface area contributed by atoms with Crippen LogP contribution >= 0.6 is 0 Å². The molecule has 1 aliphatic carbocycles. The minimum atomic E-state index is -4.54. The number of hydrogen-bond acceptors (Lipinski definition) is 6. The fourth-order valence-corrected chi connectivity index (χ4v) is 8.20. The summed E-state index contributed by atoms with van der Waals surface area (Å²) in [6, 6.07) is 1.15. The van der Waals surface area contributed by atoms with Crippen LogP contribution in [0.15, 0.2) is 23.3 Å². The van der Waals surface area contributed by atoms with Crippen molar-refractivity contribution in [1.29, 1.82) is 0 Å². The van der Waals surface area contributed by atoms with Gasteiger partial charge < -0.3 is 4.74 Å². The topological polar surface area (TPSA) is 66.2 Å². The smallest absolute Gasteiger partial charge is 0.381 e. The van der Waals surface area contributed by atoms with Gasteiger partial charge >= 0.3 is 11.9 Å². The van der Waals surface area contributed by atoms with Crippen LogP contribution in [0.2, 0.25) is 0 Å². The highest BCUT2D eigenvalue weighted by molar-refractivity contribution is 5.56. The summed E-state index contributed by atoms with van der Waals surface area (Å²) in [4.78, 5) is 18.3. The Morgan fingerprint density at radius 1 is 1.07 bits per heavy atom. The normalized spacial score (nSPS) is 30.3. The maximum absolute atomic E-state index is 14.3. The van der Waals surface area contributed by atoms with Gasteiger partial charge in [0.15, 0.2) is 0 Å². The van der Waals surface area contributed by atoms with Gasteiger partial charge in [0.1, 0.15) is 0 Å². The molecule has 0 amide bonds. The molecule has 0 spiro atoms. The lowest BCUT2D eigenvalue weighted by Gasteiger charge is -2.44. The average molecular weight is 579 g/mol. The number of pyridine rings is 1. The van der Waals surface area contributed by atoms with Gasteiger partial charge in [0.2, 0.25) is 0 Å². The quantitative estimate of drug-likeness (QED) is 0.528. The Hall–Kier alpha value is -1.92. The van der Waals surface area contributed by atoms with Crippen LogP contribution in [-0.4, -0.2) is 65.0 Å².